The van der Waals surface area contributed by atoms with Crippen molar-refractivity contribution in [1.29, 1.82) is 0 Å². The van der Waals surface area contributed by atoms with Crippen molar-refractivity contribution in [1.82, 2.24) is 0 Å². The van der Waals surface area contributed by atoms with Crippen LogP contribution in [-0.2, 0) is 0 Å². The fourth-order valence-corrected chi connectivity index (χ4v) is 3.24. The quantitative estimate of drug-likeness (QED) is 0.749. The smallest absolute Gasteiger partial charge is 0.265 e. The highest BCUT2D eigenvalue weighted by Crippen LogP contribution is 2.33. The van der Waals surface area contributed by atoms with Crippen LogP contribution in [0.4, 0.5) is 15.8 Å². The number of hydrogen-bond acceptors (Lipinski definition) is 3. The number of hydrogen-bond donors (Lipinski definition) is 2. The van der Waals surface area contributed by atoms with Crippen molar-refractivity contribution in [2.24, 2.45) is 0 Å². The second-order valence-corrected chi connectivity index (χ2v) is 6.61. The number of benzene rings is 1. The number of thiophene rings is 1. The molecule has 0 saturated heterocycles. The number of nitrogens with two attached hydrogens (primary N) is 1. The number of rotatable bonds is 2. The lowest BCUT2D eigenvalue weighted by Crippen LogP contribution is -2.13. The Kier molecular flexibility index (Phi) is 4.04. The standard InChI is InChI=1S/C11H7Br2FN2OS/c12-5-4-8(18-10(5)13)11(17)16-9-6(14)2-1-3-7(9)15/h1-4H,15H2,(H,16,17). The van der Waals surface area contributed by atoms with Gasteiger partial charge in [-0.15, -0.1) is 11.3 Å². The molecule has 0 spiro atoms. The third-order valence-corrected chi connectivity index (χ3v) is 5.41. The van der Waals surface area contributed by atoms with E-state index in [1.54, 1.807) is 6.07 Å². The number of carbonyl (C=O) groups excluding carboxylic acids is 1. The van der Waals surface area contributed by atoms with Gasteiger partial charge in [-0.1, -0.05) is 6.07 Å². The molecule has 0 aliphatic carbocycles. The molecule has 0 unspecified atom stereocenters. The van der Waals surface area contributed by atoms with E-state index < -0.39 is 11.7 Å². The van der Waals surface area contributed by atoms with Gasteiger partial charge in [-0.05, 0) is 50.1 Å². The third-order valence-electron chi connectivity index (χ3n) is 2.15. The molecule has 1 aromatic carbocycles. The highest BCUT2D eigenvalue weighted by Gasteiger charge is 2.15. The highest BCUT2D eigenvalue weighted by molar-refractivity contribution is 9.13. The summed E-state index contributed by atoms with van der Waals surface area (Å²) in [5.74, 6) is -0.957. The number of carbonyl (C=O) groups is 1. The average Bonchev–Trinajstić information content (AvgIpc) is 2.64. The molecule has 0 aliphatic rings. The van der Waals surface area contributed by atoms with Gasteiger partial charge in [-0.3, -0.25) is 4.79 Å². The predicted molar refractivity (Wildman–Crippen MR) is 78.5 cm³/mol. The summed E-state index contributed by atoms with van der Waals surface area (Å²) in [5, 5.41) is 2.47. The molecule has 1 aromatic heterocycles. The van der Waals surface area contributed by atoms with E-state index in [1.165, 1.54) is 29.5 Å². The molecule has 0 atom stereocenters. The zero-order valence-electron chi connectivity index (χ0n) is 8.84. The summed E-state index contributed by atoms with van der Waals surface area (Å²) >= 11 is 7.82. The van der Waals surface area contributed by atoms with Crippen LogP contribution >= 0.6 is 43.2 Å². The Morgan fingerprint density at radius 2 is 2.11 bits per heavy atom. The van der Waals surface area contributed by atoms with Crippen LogP contribution in [0.5, 0.6) is 0 Å². The molecule has 3 N–H and O–H groups in total. The first-order chi connectivity index (χ1) is 8.49. The Bertz CT molecular complexity index is 575. The van der Waals surface area contributed by atoms with Crippen molar-refractivity contribution in [3.8, 4) is 0 Å². The van der Waals surface area contributed by atoms with Gasteiger partial charge in [0.05, 0.1) is 14.4 Å². The van der Waals surface area contributed by atoms with Gasteiger partial charge in [0.2, 0.25) is 0 Å². The monoisotopic (exact) mass is 392 g/mol. The maximum absolute atomic E-state index is 13.5. The second kappa shape index (κ2) is 5.38. The summed E-state index contributed by atoms with van der Waals surface area (Å²) in [6.45, 7) is 0. The number of nitrogens with one attached hydrogen (secondary N) is 1. The molecule has 1 heterocycles. The van der Waals surface area contributed by atoms with Crippen LogP contribution in [-0.4, -0.2) is 5.91 Å². The van der Waals surface area contributed by atoms with E-state index >= 15 is 0 Å². The largest absolute Gasteiger partial charge is 0.397 e. The average molecular weight is 394 g/mol. The van der Waals surface area contributed by atoms with E-state index in [0.29, 0.717) is 4.88 Å². The van der Waals surface area contributed by atoms with Crippen LogP contribution < -0.4 is 11.1 Å². The van der Waals surface area contributed by atoms with E-state index in [-0.39, 0.29) is 11.4 Å². The number of amides is 1. The van der Waals surface area contributed by atoms with Crippen molar-refractivity contribution >= 4 is 60.5 Å². The molecular weight excluding hydrogens is 387 g/mol. The van der Waals surface area contributed by atoms with Crippen molar-refractivity contribution in [2.45, 2.75) is 0 Å². The molecule has 0 bridgehead atoms. The summed E-state index contributed by atoms with van der Waals surface area (Å²) in [7, 11) is 0. The number of nitrogen functional groups attached to an aromatic ring is 1. The maximum atomic E-state index is 13.5. The van der Waals surface area contributed by atoms with Crippen LogP contribution in [0.3, 0.4) is 0 Å². The van der Waals surface area contributed by atoms with E-state index in [1.807, 2.05) is 0 Å². The van der Waals surface area contributed by atoms with Crippen molar-refractivity contribution in [3.05, 3.63) is 43.2 Å². The van der Waals surface area contributed by atoms with Crippen LogP contribution in [0, 0.1) is 5.82 Å². The molecule has 94 valence electrons. The van der Waals surface area contributed by atoms with E-state index in [4.69, 9.17) is 5.73 Å². The van der Waals surface area contributed by atoms with Gasteiger partial charge < -0.3 is 11.1 Å². The minimum absolute atomic E-state index is 0.00291. The Hall–Kier alpha value is -0.920. The van der Waals surface area contributed by atoms with E-state index in [0.717, 1.165) is 8.26 Å². The molecule has 2 aromatic rings. The molecule has 3 nitrogen and oxygen atoms in total. The first-order valence-corrected chi connectivity index (χ1v) is 7.19. The molecular formula is C11H7Br2FN2OS. The Morgan fingerprint density at radius 3 is 2.67 bits per heavy atom. The molecule has 1 amide bonds. The van der Waals surface area contributed by atoms with Crippen molar-refractivity contribution in [3.63, 3.8) is 0 Å². The van der Waals surface area contributed by atoms with E-state index in [2.05, 4.69) is 37.2 Å². The maximum Gasteiger partial charge on any atom is 0.265 e. The SMILES string of the molecule is Nc1cccc(F)c1NC(=O)c1cc(Br)c(Br)s1. The summed E-state index contributed by atoms with van der Waals surface area (Å²) in [6.07, 6.45) is 0. The van der Waals surface area contributed by atoms with Gasteiger partial charge in [0, 0.05) is 4.47 Å². The lowest BCUT2D eigenvalue weighted by molar-refractivity contribution is 0.103. The summed E-state index contributed by atoms with van der Waals surface area (Å²) < 4.78 is 15.1. The second-order valence-electron chi connectivity index (χ2n) is 3.39. The topological polar surface area (TPSA) is 55.1 Å². The van der Waals surface area contributed by atoms with Gasteiger partial charge in [0.15, 0.2) is 0 Å². The van der Waals surface area contributed by atoms with Gasteiger partial charge in [-0.2, -0.15) is 0 Å². The number of halogens is 3. The molecule has 0 radical (unpaired) electrons. The first kappa shape index (κ1) is 13.5. The Balaban J connectivity index is 2.27. The van der Waals surface area contributed by atoms with Crippen LogP contribution in [0.1, 0.15) is 9.67 Å². The minimum atomic E-state index is -0.557. The molecule has 0 aliphatic heterocycles. The fraction of sp³-hybridized carbons (Fsp3) is 0. The number of anilines is 2. The summed E-state index contributed by atoms with van der Waals surface area (Å²) in [5.41, 5.74) is 5.81. The highest BCUT2D eigenvalue weighted by atomic mass is 79.9. The lowest BCUT2D eigenvalue weighted by Gasteiger charge is -2.07. The van der Waals surface area contributed by atoms with Crippen LogP contribution in [0.25, 0.3) is 0 Å². The molecule has 2 rings (SSSR count). The first-order valence-electron chi connectivity index (χ1n) is 4.79. The molecule has 0 saturated carbocycles. The van der Waals surface area contributed by atoms with Crippen molar-refractivity contribution in [2.75, 3.05) is 11.1 Å². The Morgan fingerprint density at radius 1 is 1.39 bits per heavy atom. The van der Waals surface area contributed by atoms with Gasteiger partial charge in [0.1, 0.15) is 11.5 Å². The fourth-order valence-electron chi connectivity index (χ4n) is 1.31. The number of para-hydroxylation sites is 1. The Labute approximate surface area is 123 Å². The zero-order valence-corrected chi connectivity index (χ0v) is 12.8. The van der Waals surface area contributed by atoms with Crippen LogP contribution in [0.15, 0.2) is 32.5 Å². The van der Waals surface area contributed by atoms with Gasteiger partial charge >= 0.3 is 0 Å². The minimum Gasteiger partial charge on any atom is -0.397 e. The van der Waals surface area contributed by atoms with Crippen molar-refractivity contribution < 1.29 is 9.18 Å². The third kappa shape index (κ3) is 2.73. The lowest BCUT2D eigenvalue weighted by atomic mass is 10.2. The zero-order chi connectivity index (χ0) is 13.3. The van der Waals surface area contributed by atoms with Gasteiger partial charge in [-0.25, -0.2) is 4.39 Å². The van der Waals surface area contributed by atoms with Crippen LogP contribution in [0.2, 0.25) is 0 Å². The molecule has 0 fully saturated rings. The predicted octanol–water partition coefficient (Wildman–Crippen LogP) is 4.25. The van der Waals surface area contributed by atoms with Gasteiger partial charge in [0.25, 0.3) is 5.91 Å². The summed E-state index contributed by atoms with van der Waals surface area (Å²) in [6, 6.07) is 5.91. The normalized spacial score (nSPS) is 10.4. The molecule has 7 heteroatoms. The van der Waals surface area contributed by atoms with E-state index in [9.17, 15) is 9.18 Å². The summed E-state index contributed by atoms with van der Waals surface area (Å²) in [4.78, 5) is 12.4. The molecule has 18 heavy (non-hydrogen) atoms.